The van der Waals surface area contributed by atoms with Gasteiger partial charge in [0, 0.05) is 41.9 Å². The molecule has 0 saturated carbocycles. The molecule has 0 aromatic heterocycles. The van der Waals surface area contributed by atoms with Gasteiger partial charge in [0.05, 0.1) is 0 Å². The van der Waals surface area contributed by atoms with Gasteiger partial charge in [0.1, 0.15) is 0 Å². The first-order valence-corrected chi connectivity index (χ1v) is 9.56. The van der Waals surface area contributed by atoms with Crippen LogP contribution < -0.4 is 10.6 Å². The van der Waals surface area contributed by atoms with Gasteiger partial charge in [-0.2, -0.15) is 11.8 Å². The van der Waals surface area contributed by atoms with E-state index in [0.29, 0.717) is 29.0 Å². The van der Waals surface area contributed by atoms with E-state index in [1.165, 1.54) is 0 Å². The second kappa shape index (κ2) is 8.97. The van der Waals surface area contributed by atoms with Crippen LogP contribution in [0.15, 0.2) is 24.3 Å². The fourth-order valence-corrected chi connectivity index (χ4v) is 3.41. The normalized spacial score (nSPS) is 18.2. The molecule has 1 aliphatic rings. The molecule has 1 heterocycles. The predicted molar refractivity (Wildman–Crippen MR) is 101 cm³/mol. The molecular weight excluding hydrogens is 322 g/mol. The molecule has 1 aliphatic heterocycles. The lowest BCUT2D eigenvalue weighted by atomic mass is 10.1. The van der Waals surface area contributed by atoms with Crippen LogP contribution >= 0.6 is 11.8 Å². The van der Waals surface area contributed by atoms with E-state index in [0.717, 1.165) is 25.3 Å². The van der Waals surface area contributed by atoms with Crippen LogP contribution in [-0.4, -0.2) is 47.5 Å². The second-order valence-electron chi connectivity index (χ2n) is 6.57. The number of hydrogen-bond donors (Lipinski definition) is 2. The number of rotatable bonds is 4. The number of nitrogens with one attached hydrogen (secondary N) is 2. The van der Waals surface area contributed by atoms with Crippen LogP contribution in [0.4, 0.5) is 10.5 Å². The number of nitrogens with zero attached hydrogens (tertiary/aromatic N) is 1. The molecule has 0 bridgehead atoms. The molecule has 24 heavy (non-hydrogen) atoms. The number of anilines is 1. The van der Waals surface area contributed by atoms with E-state index in [1.54, 1.807) is 24.3 Å². The Bertz CT molecular complexity index is 560. The Morgan fingerprint density at radius 2 is 1.96 bits per heavy atom. The summed E-state index contributed by atoms with van der Waals surface area (Å²) >= 11 is 1.91. The van der Waals surface area contributed by atoms with Crippen molar-refractivity contribution in [3.8, 4) is 0 Å². The molecule has 2 N–H and O–H groups in total. The molecule has 1 atom stereocenters. The summed E-state index contributed by atoms with van der Waals surface area (Å²) in [5.41, 5.74) is 1.32. The third kappa shape index (κ3) is 5.74. The van der Waals surface area contributed by atoms with Crippen LogP contribution in [0.1, 0.15) is 37.6 Å². The highest BCUT2D eigenvalue weighted by molar-refractivity contribution is 7.99. The minimum atomic E-state index is -0.0832. The van der Waals surface area contributed by atoms with Crippen molar-refractivity contribution in [1.29, 1.82) is 0 Å². The Labute approximate surface area is 148 Å². The maximum absolute atomic E-state index is 12.3. The van der Waals surface area contributed by atoms with E-state index in [4.69, 9.17) is 0 Å². The lowest BCUT2D eigenvalue weighted by molar-refractivity contribution is 0.0949. The Kier molecular flexibility index (Phi) is 6.97. The summed E-state index contributed by atoms with van der Waals surface area (Å²) in [5, 5.41) is 6.40. The van der Waals surface area contributed by atoms with Gasteiger partial charge in [0.25, 0.3) is 5.91 Å². The predicted octanol–water partition coefficient (Wildman–Crippen LogP) is 3.43. The third-order valence-electron chi connectivity index (χ3n) is 3.93. The van der Waals surface area contributed by atoms with Gasteiger partial charge in [-0.05, 0) is 36.6 Å². The molecule has 0 radical (unpaired) electrons. The van der Waals surface area contributed by atoms with Crippen LogP contribution in [-0.2, 0) is 0 Å². The number of carbonyl (C=O) groups excluding carboxylic acids is 2. The molecule has 1 aromatic rings. The second-order valence-corrected chi connectivity index (χ2v) is 8.11. The molecule has 3 amide bonds. The van der Waals surface area contributed by atoms with E-state index in [1.807, 2.05) is 16.7 Å². The van der Waals surface area contributed by atoms with Gasteiger partial charge in [-0.1, -0.05) is 20.8 Å². The van der Waals surface area contributed by atoms with E-state index < -0.39 is 0 Å². The van der Waals surface area contributed by atoms with Crippen molar-refractivity contribution in [2.24, 2.45) is 5.92 Å². The largest absolute Gasteiger partial charge is 0.352 e. The smallest absolute Gasteiger partial charge is 0.321 e. The minimum absolute atomic E-state index is 0.0679. The van der Waals surface area contributed by atoms with Crippen molar-refractivity contribution < 1.29 is 9.59 Å². The lowest BCUT2D eigenvalue weighted by Crippen LogP contribution is -2.36. The summed E-state index contributed by atoms with van der Waals surface area (Å²) in [6.45, 7) is 8.53. The van der Waals surface area contributed by atoms with E-state index in [9.17, 15) is 9.59 Å². The molecule has 1 aromatic carbocycles. The van der Waals surface area contributed by atoms with Gasteiger partial charge in [0.2, 0.25) is 0 Å². The number of amides is 3. The molecule has 5 nitrogen and oxygen atoms in total. The van der Waals surface area contributed by atoms with Crippen LogP contribution in [0.5, 0.6) is 0 Å². The quantitative estimate of drug-likeness (QED) is 0.875. The van der Waals surface area contributed by atoms with Gasteiger partial charge in [-0.15, -0.1) is 0 Å². The van der Waals surface area contributed by atoms with Crippen LogP contribution in [0.25, 0.3) is 0 Å². The number of thioether (sulfide) groups is 1. The maximum atomic E-state index is 12.3. The van der Waals surface area contributed by atoms with Gasteiger partial charge in [-0.3, -0.25) is 4.79 Å². The summed E-state index contributed by atoms with van der Waals surface area (Å²) in [6, 6.07) is 6.97. The SMILES string of the molecule is CC(C)CNC(=O)c1ccc(NC(=O)N2CCSC(C)CC2)cc1. The van der Waals surface area contributed by atoms with E-state index in [2.05, 4.69) is 31.4 Å². The van der Waals surface area contributed by atoms with Crippen LogP contribution in [0, 0.1) is 5.92 Å². The number of hydrogen-bond acceptors (Lipinski definition) is 3. The van der Waals surface area contributed by atoms with Crippen molar-refractivity contribution in [3.63, 3.8) is 0 Å². The molecule has 6 heteroatoms. The summed E-state index contributed by atoms with van der Waals surface area (Å²) in [6.07, 6.45) is 1.02. The standard InChI is InChI=1S/C18H27N3O2S/c1-13(2)12-19-17(22)15-4-6-16(7-5-15)20-18(23)21-9-8-14(3)24-11-10-21/h4-7,13-14H,8-12H2,1-3H3,(H,19,22)(H,20,23). The highest BCUT2D eigenvalue weighted by atomic mass is 32.2. The third-order valence-corrected chi connectivity index (χ3v) is 5.15. The Balaban J connectivity index is 1.88. The lowest BCUT2D eigenvalue weighted by Gasteiger charge is -2.20. The van der Waals surface area contributed by atoms with E-state index >= 15 is 0 Å². The van der Waals surface area contributed by atoms with E-state index in [-0.39, 0.29) is 11.9 Å². The van der Waals surface area contributed by atoms with Crippen LogP contribution in [0.2, 0.25) is 0 Å². The van der Waals surface area contributed by atoms with Crippen molar-refractivity contribution >= 4 is 29.4 Å². The first-order valence-electron chi connectivity index (χ1n) is 8.51. The Morgan fingerprint density at radius 3 is 2.62 bits per heavy atom. The molecular formula is C18H27N3O2S. The highest BCUT2D eigenvalue weighted by Crippen LogP contribution is 2.19. The van der Waals surface area contributed by atoms with Crippen LogP contribution in [0.3, 0.4) is 0 Å². The average Bonchev–Trinajstić information content (AvgIpc) is 2.78. The summed E-state index contributed by atoms with van der Waals surface area (Å²) in [4.78, 5) is 26.2. The van der Waals surface area contributed by atoms with Crippen molar-refractivity contribution in [2.75, 3.05) is 30.7 Å². The average molecular weight is 350 g/mol. The number of carbonyl (C=O) groups is 2. The first-order chi connectivity index (χ1) is 11.5. The molecule has 1 fully saturated rings. The van der Waals surface area contributed by atoms with Crippen molar-refractivity contribution in [2.45, 2.75) is 32.4 Å². The summed E-state index contributed by atoms with van der Waals surface area (Å²) in [5.74, 6) is 1.31. The molecule has 0 aliphatic carbocycles. The topological polar surface area (TPSA) is 61.4 Å². The molecule has 2 rings (SSSR count). The number of urea groups is 1. The maximum Gasteiger partial charge on any atom is 0.321 e. The minimum Gasteiger partial charge on any atom is -0.352 e. The molecule has 1 saturated heterocycles. The Hall–Kier alpha value is -1.69. The zero-order chi connectivity index (χ0) is 17.5. The fourth-order valence-electron chi connectivity index (χ4n) is 2.41. The summed E-state index contributed by atoms with van der Waals surface area (Å²) in [7, 11) is 0. The monoisotopic (exact) mass is 349 g/mol. The van der Waals surface area contributed by atoms with Gasteiger partial charge in [-0.25, -0.2) is 4.79 Å². The fraction of sp³-hybridized carbons (Fsp3) is 0.556. The zero-order valence-corrected chi connectivity index (χ0v) is 15.5. The van der Waals surface area contributed by atoms with Gasteiger partial charge in [0.15, 0.2) is 0 Å². The summed E-state index contributed by atoms with van der Waals surface area (Å²) < 4.78 is 0. The Morgan fingerprint density at radius 1 is 1.25 bits per heavy atom. The van der Waals surface area contributed by atoms with Gasteiger partial charge < -0.3 is 15.5 Å². The molecule has 1 unspecified atom stereocenters. The molecule has 0 spiro atoms. The van der Waals surface area contributed by atoms with Crippen molar-refractivity contribution in [3.05, 3.63) is 29.8 Å². The molecule has 132 valence electrons. The first kappa shape index (κ1) is 18.6. The number of benzene rings is 1. The van der Waals surface area contributed by atoms with Gasteiger partial charge >= 0.3 is 6.03 Å². The van der Waals surface area contributed by atoms with Crippen molar-refractivity contribution in [1.82, 2.24) is 10.2 Å². The highest BCUT2D eigenvalue weighted by Gasteiger charge is 2.18. The zero-order valence-electron chi connectivity index (χ0n) is 14.7.